The summed E-state index contributed by atoms with van der Waals surface area (Å²) in [6, 6.07) is 14.8. The van der Waals surface area contributed by atoms with Crippen molar-refractivity contribution in [2.45, 2.75) is 6.04 Å². The number of carbonyl (C=O) groups is 2. The second-order valence-corrected chi connectivity index (χ2v) is 5.16. The number of nitrogens with zero attached hydrogens (tertiary/aromatic N) is 1. The highest BCUT2D eigenvalue weighted by Gasteiger charge is 2.20. The number of benzene rings is 2. The Morgan fingerprint density at radius 2 is 1.75 bits per heavy atom. The first-order valence-corrected chi connectivity index (χ1v) is 7.29. The smallest absolute Gasteiger partial charge is 0.252 e. The summed E-state index contributed by atoms with van der Waals surface area (Å²) in [7, 11) is 0. The molecule has 1 aromatic heterocycles. The van der Waals surface area contributed by atoms with E-state index in [0.717, 1.165) is 5.56 Å². The van der Waals surface area contributed by atoms with Crippen LogP contribution in [0.3, 0.4) is 0 Å². The first kappa shape index (κ1) is 15.5. The van der Waals surface area contributed by atoms with Crippen LogP contribution in [0.25, 0.3) is 11.3 Å². The fourth-order valence-corrected chi connectivity index (χ4v) is 2.32. The Morgan fingerprint density at radius 3 is 2.33 bits per heavy atom. The summed E-state index contributed by atoms with van der Waals surface area (Å²) in [5.74, 6) is -0.388. The van der Waals surface area contributed by atoms with Gasteiger partial charge < -0.3 is 15.5 Å². The van der Waals surface area contributed by atoms with Crippen LogP contribution in [0.1, 0.15) is 22.0 Å². The maximum atomic E-state index is 12.4. The lowest BCUT2D eigenvalue weighted by Crippen LogP contribution is -2.37. The average molecular weight is 321 g/mol. The Labute approximate surface area is 138 Å². The summed E-state index contributed by atoms with van der Waals surface area (Å²) >= 11 is 0. The Balaban J connectivity index is 1.77. The molecule has 0 bridgehead atoms. The molecule has 0 aliphatic heterocycles. The fraction of sp³-hybridized carbons (Fsp3) is 0.0556. The summed E-state index contributed by atoms with van der Waals surface area (Å²) in [4.78, 5) is 27.9. The molecule has 6 nitrogen and oxygen atoms in total. The number of amides is 2. The van der Waals surface area contributed by atoms with Crippen LogP contribution in [-0.2, 0) is 4.79 Å². The molecule has 3 aromatic rings. The lowest BCUT2D eigenvalue weighted by Gasteiger charge is -2.16. The Bertz CT molecular complexity index is 828. The molecule has 24 heavy (non-hydrogen) atoms. The molecule has 0 saturated carbocycles. The molecule has 3 N–H and O–H groups in total. The van der Waals surface area contributed by atoms with Gasteiger partial charge in [-0.25, -0.2) is 4.98 Å². The summed E-state index contributed by atoms with van der Waals surface area (Å²) in [6.45, 7) is 0. The zero-order chi connectivity index (χ0) is 16.9. The molecule has 0 aliphatic rings. The van der Waals surface area contributed by atoms with Gasteiger partial charge in [0.25, 0.3) is 5.91 Å². The van der Waals surface area contributed by atoms with E-state index in [1.165, 1.54) is 6.39 Å². The second kappa shape index (κ2) is 6.78. The van der Waals surface area contributed by atoms with Crippen LogP contribution in [-0.4, -0.2) is 16.8 Å². The number of aromatic nitrogens is 1. The van der Waals surface area contributed by atoms with Crippen LogP contribution in [0.5, 0.6) is 0 Å². The molecule has 0 saturated heterocycles. The summed E-state index contributed by atoms with van der Waals surface area (Å²) < 4.78 is 5.20. The van der Waals surface area contributed by atoms with E-state index in [-0.39, 0.29) is 5.91 Å². The molecule has 0 fully saturated rings. The van der Waals surface area contributed by atoms with Gasteiger partial charge in [0.15, 0.2) is 12.2 Å². The summed E-state index contributed by atoms with van der Waals surface area (Å²) in [5, 5.41) is 2.65. The standard InChI is InChI=1S/C18H15N3O3/c19-17(22)16(13-4-2-1-3-5-13)21-18(23)14-8-6-12(7-9-14)15-10-20-11-24-15/h1-11,16H,(H2,19,22)(H,21,23)/t16-/m1/s1. The number of nitrogens with two attached hydrogens (primary N) is 1. The number of oxazole rings is 1. The van der Waals surface area contributed by atoms with Crippen molar-refractivity contribution in [3.63, 3.8) is 0 Å². The van der Waals surface area contributed by atoms with Crippen molar-refractivity contribution < 1.29 is 14.0 Å². The van der Waals surface area contributed by atoms with Gasteiger partial charge in [-0.3, -0.25) is 9.59 Å². The monoisotopic (exact) mass is 321 g/mol. The van der Waals surface area contributed by atoms with Gasteiger partial charge in [0, 0.05) is 11.1 Å². The lowest BCUT2D eigenvalue weighted by atomic mass is 10.1. The Hall–Kier alpha value is -3.41. The van der Waals surface area contributed by atoms with Crippen LogP contribution in [0, 0.1) is 0 Å². The van der Waals surface area contributed by atoms with Gasteiger partial charge in [-0.05, 0) is 17.7 Å². The van der Waals surface area contributed by atoms with Crippen molar-refractivity contribution in [1.82, 2.24) is 10.3 Å². The maximum absolute atomic E-state index is 12.4. The molecular formula is C18H15N3O3. The van der Waals surface area contributed by atoms with Gasteiger partial charge in [0.05, 0.1) is 6.20 Å². The SMILES string of the molecule is NC(=O)[C@H](NC(=O)c1ccc(-c2cnco2)cc1)c1ccccc1. The third-order valence-electron chi connectivity index (χ3n) is 3.56. The predicted molar refractivity (Wildman–Crippen MR) is 87.8 cm³/mol. The Morgan fingerprint density at radius 1 is 1.04 bits per heavy atom. The first-order valence-electron chi connectivity index (χ1n) is 7.29. The number of carbonyl (C=O) groups excluding carboxylic acids is 2. The van der Waals surface area contributed by atoms with E-state index in [1.54, 1.807) is 54.7 Å². The minimum atomic E-state index is -0.882. The number of hydrogen-bond donors (Lipinski definition) is 2. The molecule has 0 spiro atoms. The van der Waals surface area contributed by atoms with E-state index in [2.05, 4.69) is 10.3 Å². The predicted octanol–water partition coefficient (Wildman–Crippen LogP) is 2.30. The molecular weight excluding hydrogens is 306 g/mol. The third kappa shape index (κ3) is 3.33. The average Bonchev–Trinajstić information content (AvgIpc) is 3.15. The van der Waals surface area contributed by atoms with Gasteiger partial charge in [-0.15, -0.1) is 0 Å². The van der Waals surface area contributed by atoms with Crippen molar-refractivity contribution in [2.75, 3.05) is 0 Å². The molecule has 2 amide bonds. The topological polar surface area (TPSA) is 98.2 Å². The fourth-order valence-electron chi connectivity index (χ4n) is 2.32. The van der Waals surface area contributed by atoms with E-state index in [4.69, 9.17) is 10.2 Å². The normalized spacial score (nSPS) is 11.7. The highest BCUT2D eigenvalue weighted by Crippen LogP contribution is 2.19. The highest BCUT2D eigenvalue weighted by molar-refractivity contribution is 5.97. The zero-order valence-corrected chi connectivity index (χ0v) is 12.7. The summed E-state index contributed by atoms with van der Waals surface area (Å²) in [5.41, 5.74) is 7.27. The lowest BCUT2D eigenvalue weighted by molar-refractivity contribution is -0.120. The second-order valence-electron chi connectivity index (χ2n) is 5.16. The quantitative estimate of drug-likeness (QED) is 0.753. The molecule has 3 rings (SSSR count). The van der Waals surface area contributed by atoms with Gasteiger partial charge in [-0.2, -0.15) is 0 Å². The molecule has 0 unspecified atom stereocenters. The molecule has 1 atom stereocenters. The molecule has 1 heterocycles. The van der Waals surface area contributed by atoms with Gasteiger partial charge in [0.2, 0.25) is 5.91 Å². The van der Waals surface area contributed by atoms with Crippen LogP contribution in [0.15, 0.2) is 71.6 Å². The minimum Gasteiger partial charge on any atom is -0.444 e. The van der Waals surface area contributed by atoms with Gasteiger partial charge in [0.1, 0.15) is 6.04 Å². The maximum Gasteiger partial charge on any atom is 0.252 e. The van der Waals surface area contributed by atoms with Crippen LogP contribution in [0.2, 0.25) is 0 Å². The van der Waals surface area contributed by atoms with Crippen LogP contribution >= 0.6 is 0 Å². The number of primary amides is 1. The van der Waals surface area contributed by atoms with Crippen molar-refractivity contribution in [1.29, 1.82) is 0 Å². The third-order valence-corrected chi connectivity index (χ3v) is 3.56. The van der Waals surface area contributed by atoms with Crippen molar-refractivity contribution in [2.24, 2.45) is 5.73 Å². The van der Waals surface area contributed by atoms with E-state index < -0.39 is 11.9 Å². The van der Waals surface area contributed by atoms with Crippen molar-refractivity contribution >= 4 is 11.8 Å². The Kier molecular flexibility index (Phi) is 4.38. The molecule has 0 aliphatic carbocycles. The molecule has 0 radical (unpaired) electrons. The van der Waals surface area contributed by atoms with E-state index in [1.807, 2.05) is 6.07 Å². The zero-order valence-electron chi connectivity index (χ0n) is 12.7. The summed E-state index contributed by atoms with van der Waals surface area (Å²) in [6.07, 6.45) is 2.93. The van der Waals surface area contributed by atoms with Crippen molar-refractivity contribution in [3.8, 4) is 11.3 Å². The van der Waals surface area contributed by atoms with Crippen LogP contribution < -0.4 is 11.1 Å². The largest absolute Gasteiger partial charge is 0.444 e. The van der Waals surface area contributed by atoms with Gasteiger partial charge in [-0.1, -0.05) is 42.5 Å². The molecule has 6 heteroatoms. The van der Waals surface area contributed by atoms with Crippen LogP contribution in [0.4, 0.5) is 0 Å². The van der Waals surface area contributed by atoms with E-state index in [0.29, 0.717) is 16.9 Å². The number of rotatable bonds is 5. The first-order chi connectivity index (χ1) is 11.6. The minimum absolute atomic E-state index is 0.383. The van der Waals surface area contributed by atoms with Gasteiger partial charge >= 0.3 is 0 Å². The highest BCUT2D eigenvalue weighted by atomic mass is 16.3. The molecule has 2 aromatic carbocycles. The number of hydrogen-bond acceptors (Lipinski definition) is 4. The van der Waals surface area contributed by atoms with Crippen molar-refractivity contribution in [3.05, 3.63) is 78.3 Å². The van der Waals surface area contributed by atoms with E-state index in [9.17, 15) is 9.59 Å². The van der Waals surface area contributed by atoms with E-state index >= 15 is 0 Å². The number of nitrogens with one attached hydrogen (secondary N) is 1. The molecule has 120 valence electrons.